The zero-order valence-corrected chi connectivity index (χ0v) is 14.4. The number of ether oxygens (including phenoxy) is 1. The number of rotatable bonds is 5. The summed E-state index contributed by atoms with van der Waals surface area (Å²) in [6.45, 7) is 3.30. The van der Waals surface area contributed by atoms with Gasteiger partial charge in [0.25, 0.3) is 5.91 Å². The second kappa shape index (κ2) is 7.35. The lowest BCUT2D eigenvalue weighted by atomic mass is 10.1. The highest BCUT2D eigenvalue weighted by molar-refractivity contribution is 6.30. The van der Waals surface area contributed by atoms with Gasteiger partial charge in [-0.1, -0.05) is 23.7 Å². The predicted octanol–water partition coefficient (Wildman–Crippen LogP) is 4.83. The van der Waals surface area contributed by atoms with Gasteiger partial charge in [0.2, 0.25) is 0 Å². The molecule has 1 amide bonds. The van der Waals surface area contributed by atoms with E-state index in [1.165, 1.54) is 12.1 Å². The van der Waals surface area contributed by atoms with Crippen LogP contribution in [-0.4, -0.2) is 11.5 Å². The Morgan fingerprint density at radius 1 is 1.04 bits per heavy atom. The van der Waals surface area contributed by atoms with Crippen molar-refractivity contribution in [1.82, 2.24) is 5.32 Å². The topological polar surface area (TPSA) is 38.3 Å². The van der Waals surface area contributed by atoms with E-state index < -0.39 is 17.3 Å². The summed E-state index contributed by atoms with van der Waals surface area (Å²) < 4.78 is 43.2. The third-order valence-corrected chi connectivity index (χ3v) is 3.72. The van der Waals surface area contributed by atoms with Crippen LogP contribution in [0.4, 0.5) is 13.2 Å². The van der Waals surface area contributed by atoms with Crippen LogP contribution in [0.25, 0.3) is 0 Å². The molecule has 0 fully saturated rings. The van der Waals surface area contributed by atoms with Crippen molar-refractivity contribution in [3.8, 4) is 5.75 Å². The average molecular weight is 372 g/mol. The Bertz CT molecular complexity index is 725. The van der Waals surface area contributed by atoms with Crippen LogP contribution in [0.5, 0.6) is 5.75 Å². The normalized spacial score (nSPS) is 11.9. The molecule has 0 aliphatic rings. The van der Waals surface area contributed by atoms with E-state index in [0.29, 0.717) is 16.3 Å². The summed E-state index contributed by atoms with van der Waals surface area (Å²) in [4.78, 5) is 12.3. The van der Waals surface area contributed by atoms with Crippen molar-refractivity contribution in [1.29, 1.82) is 0 Å². The molecule has 2 aromatic rings. The lowest BCUT2D eigenvalue weighted by Gasteiger charge is -2.25. The number of carbonyl (C=O) groups is 1. The van der Waals surface area contributed by atoms with E-state index in [4.69, 9.17) is 16.3 Å². The fraction of sp³-hybridized carbons (Fsp3) is 0.278. The van der Waals surface area contributed by atoms with Crippen molar-refractivity contribution in [3.05, 3.63) is 64.7 Å². The number of alkyl halides is 3. The summed E-state index contributed by atoms with van der Waals surface area (Å²) in [6.07, 6.45) is -4.38. The Kier molecular flexibility index (Phi) is 5.62. The highest BCUT2D eigenvalue weighted by Crippen LogP contribution is 2.29. The summed E-state index contributed by atoms with van der Waals surface area (Å²) in [5, 5.41) is 3.21. The zero-order valence-electron chi connectivity index (χ0n) is 13.7. The molecular formula is C18H17ClF3NO2. The number of carbonyl (C=O) groups excluding carboxylic acids is 1. The van der Waals surface area contributed by atoms with Crippen LogP contribution in [0.2, 0.25) is 5.02 Å². The summed E-state index contributed by atoms with van der Waals surface area (Å²) in [7, 11) is 0. The van der Waals surface area contributed by atoms with Crippen molar-refractivity contribution < 1.29 is 22.7 Å². The lowest BCUT2D eigenvalue weighted by molar-refractivity contribution is -0.137. The summed E-state index contributed by atoms with van der Waals surface area (Å²) >= 11 is 5.80. The lowest BCUT2D eigenvalue weighted by Crippen LogP contribution is -2.46. The standard InChI is InChI=1S/C18H17ClF3NO2/c1-17(2,25-15-9-7-14(19)8-10-15)16(24)23-11-12-3-5-13(6-4-12)18(20,21)22/h3-10H,11H2,1-2H3,(H,23,24). The summed E-state index contributed by atoms with van der Waals surface area (Å²) in [5.74, 6) is 0.0985. The Morgan fingerprint density at radius 3 is 2.12 bits per heavy atom. The minimum Gasteiger partial charge on any atom is -0.478 e. The molecule has 0 aliphatic carbocycles. The molecule has 0 saturated heterocycles. The molecule has 0 heterocycles. The minimum absolute atomic E-state index is 0.102. The van der Waals surface area contributed by atoms with Gasteiger partial charge in [0.15, 0.2) is 5.60 Å². The van der Waals surface area contributed by atoms with Gasteiger partial charge in [-0.3, -0.25) is 4.79 Å². The highest BCUT2D eigenvalue weighted by atomic mass is 35.5. The van der Waals surface area contributed by atoms with Crippen molar-refractivity contribution in [2.45, 2.75) is 32.2 Å². The van der Waals surface area contributed by atoms with Crippen LogP contribution in [0.1, 0.15) is 25.0 Å². The fourth-order valence-corrected chi connectivity index (χ4v) is 2.18. The Balaban J connectivity index is 1.95. The molecule has 0 unspecified atom stereocenters. The minimum atomic E-state index is -4.38. The summed E-state index contributed by atoms with van der Waals surface area (Å²) in [6, 6.07) is 11.2. The molecule has 2 aromatic carbocycles. The average Bonchev–Trinajstić information content (AvgIpc) is 2.54. The second-order valence-electron chi connectivity index (χ2n) is 5.94. The first kappa shape index (κ1) is 19.1. The number of halogens is 4. The number of hydrogen-bond donors (Lipinski definition) is 1. The maximum atomic E-state index is 12.5. The van der Waals surface area contributed by atoms with E-state index >= 15 is 0 Å². The van der Waals surface area contributed by atoms with Gasteiger partial charge in [0, 0.05) is 11.6 Å². The molecule has 0 saturated carbocycles. The van der Waals surface area contributed by atoms with Crippen LogP contribution >= 0.6 is 11.6 Å². The van der Waals surface area contributed by atoms with Crippen LogP contribution < -0.4 is 10.1 Å². The van der Waals surface area contributed by atoms with E-state index in [-0.39, 0.29) is 12.5 Å². The largest absolute Gasteiger partial charge is 0.478 e. The summed E-state index contributed by atoms with van der Waals surface area (Å²) in [5.41, 5.74) is -1.32. The molecule has 0 spiro atoms. The predicted molar refractivity (Wildman–Crippen MR) is 89.4 cm³/mol. The molecule has 0 radical (unpaired) electrons. The van der Waals surface area contributed by atoms with Crippen molar-refractivity contribution >= 4 is 17.5 Å². The van der Waals surface area contributed by atoms with E-state index in [1.807, 2.05) is 0 Å². The zero-order chi connectivity index (χ0) is 18.7. The van der Waals surface area contributed by atoms with Gasteiger partial charge in [-0.25, -0.2) is 0 Å². The molecule has 7 heteroatoms. The number of amides is 1. The molecule has 0 aliphatic heterocycles. The molecule has 0 atom stereocenters. The van der Waals surface area contributed by atoms with Crippen molar-refractivity contribution in [2.75, 3.05) is 0 Å². The van der Waals surface area contributed by atoms with Crippen LogP contribution in [-0.2, 0) is 17.5 Å². The van der Waals surface area contributed by atoms with Gasteiger partial charge in [0.1, 0.15) is 5.75 Å². The van der Waals surface area contributed by atoms with Gasteiger partial charge in [-0.05, 0) is 55.8 Å². The SMILES string of the molecule is CC(C)(Oc1ccc(Cl)cc1)C(=O)NCc1ccc(C(F)(F)F)cc1. The van der Waals surface area contributed by atoms with Gasteiger partial charge in [-0.2, -0.15) is 13.2 Å². The van der Waals surface area contributed by atoms with Crippen molar-refractivity contribution in [3.63, 3.8) is 0 Å². The smallest absolute Gasteiger partial charge is 0.416 e. The molecule has 3 nitrogen and oxygen atoms in total. The number of hydrogen-bond acceptors (Lipinski definition) is 2. The molecule has 25 heavy (non-hydrogen) atoms. The van der Waals surface area contributed by atoms with Gasteiger partial charge >= 0.3 is 6.18 Å². The number of benzene rings is 2. The molecule has 2 rings (SSSR count). The van der Waals surface area contributed by atoms with Gasteiger partial charge in [-0.15, -0.1) is 0 Å². The van der Waals surface area contributed by atoms with E-state index in [9.17, 15) is 18.0 Å². The Hall–Kier alpha value is -2.21. The maximum Gasteiger partial charge on any atom is 0.416 e. The van der Waals surface area contributed by atoms with Gasteiger partial charge in [0.05, 0.1) is 5.56 Å². The molecule has 1 N–H and O–H groups in total. The third-order valence-electron chi connectivity index (χ3n) is 3.47. The Labute approximate surface area is 148 Å². The number of nitrogens with one attached hydrogen (secondary N) is 1. The first-order valence-electron chi connectivity index (χ1n) is 7.47. The molecule has 134 valence electrons. The quantitative estimate of drug-likeness (QED) is 0.817. The molecular weight excluding hydrogens is 355 g/mol. The Morgan fingerprint density at radius 2 is 1.60 bits per heavy atom. The third kappa shape index (κ3) is 5.39. The van der Waals surface area contributed by atoms with Crippen LogP contribution in [0.15, 0.2) is 48.5 Å². The first-order chi connectivity index (χ1) is 11.6. The fourth-order valence-electron chi connectivity index (χ4n) is 2.05. The first-order valence-corrected chi connectivity index (χ1v) is 7.85. The van der Waals surface area contributed by atoms with Crippen LogP contribution in [0, 0.1) is 0 Å². The van der Waals surface area contributed by atoms with Gasteiger partial charge < -0.3 is 10.1 Å². The second-order valence-corrected chi connectivity index (χ2v) is 6.38. The molecule has 0 aromatic heterocycles. The van der Waals surface area contributed by atoms with E-state index in [1.54, 1.807) is 38.1 Å². The maximum absolute atomic E-state index is 12.5. The van der Waals surface area contributed by atoms with Crippen LogP contribution in [0.3, 0.4) is 0 Å². The monoisotopic (exact) mass is 371 g/mol. The molecule has 0 bridgehead atoms. The van der Waals surface area contributed by atoms with E-state index in [0.717, 1.165) is 12.1 Å². The van der Waals surface area contributed by atoms with Crippen molar-refractivity contribution in [2.24, 2.45) is 0 Å². The van der Waals surface area contributed by atoms with E-state index in [2.05, 4.69) is 5.32 Å². The highest BCUT2D eigenvalue weighted by Gasteiger charge is 2.31.